The van der Waals surface area contributed by atoms with Gasteiger partial charge in [-0.25, -0.2) is 14.5 Å². The summed E-state index contributed by atoms with van der Waals surface area (Å²) in [6, 6.07) is 12.7. The van der Waals surface area contributed by atoms with Crippen molar-refractivity contribution in [2.45, 2.75) is 51.2 Å². The molecular weight excluding hydrogens is 720 g/mol. The minimum atomic E-state index is -5.16. The number of halogens is 7. The number of benzene rings is 2. The van der Waals surface area contributed by atoms with Gasteiger partial charge >= 0.3 is 18.3 Å². The number of hydrogen-bond acceptors (Lipinski definition) is 8. The van der Waals surface area contributed by atoms with Gasteiger partial charge in [0.25, 0.3) is 5.56 Å². The lowest BCUT2D eigenvalue weighted by atomic mass is 9.95. The first-order valence-corrected chi connectivity index (χ1v) is 16.0. The zero-order valence-electron chi connectivity index (χ0n) is 26.9. The lowest BCUT2D eigenvalue weighted by Gasteiger charge is -2.23. The van der Waals surface area contributed by atoms with Crippen LogP contribution in [0.1, 0.15) is 49.2 Å². The number of amides is 1. The molecule has 1 N–H and O–H groups in total. The minimum absolute atomic E-state index is 0.105. The van der Waals surface area contributed by atoms with Crippen molar-refractivity contribution in [3.8, 4) is 28.1 Å². The highest BCUT2D eigenvalue weighted by Gasteiger charge is 2.41. The van der Waals surface area contributed by atoms with Crippen LogP contribution in [0.25, 0.3) is 28.1 Å². The molecule has 0 radical (unpaired) electrons. The van der Waals surface area contributed by atoms with Gasteiger partial charge in [-0.05, 0) is 60.4 Å². The van der Waals surface area contributed by atoms with E-state index in [-0.39, 0.29) is 39.1 Å². The molecule has 1 aliphatic heterocycles. The van der Waals surface area contributed by atoms with Crippen molar-refractivity contribution in [1.29, 1.82) is 0 Å². The van der Waals surface area contributed by atoms with E-state index >= 15 is 0 Å². The highest BCUT2D eigenvalue weighted by atomic mass is 35.5. The van der Waals surface area contributed by atoms with Gasteiger partial charge in [-0.2, -0.15) is 26.3 Å². The number of nitrogens with zero attached hydrogens (tertiary/aromatic N) is 6. The molecule has 5 aromatic rings. The number of pyridine rings is 1. The van der Waals surface area contributed by atoms with Crippen LogP contribution in [-0.2, 0) is 27.1 Å². The van der Waals surface area contributed by atoms with Crippen molar-refractivity contribution in [3.63, 3.8) is 0 Å². The zero-order valence-corrected chi connectivity index (χ0v) is 27.6. The molecule has 4 heterocycles. The van der Waals surface area contributed by atoms with Gasteiger partial charge in [0.1, 0.15) is 6.61 Å². The van der Waals surface area contributed by atoms with E-state index in [1.165, 1.54) is 53.5 Å². The third-order valence-corrected chi connectivity index (χ3v) is 8.61. The highest BCUT2D eigenvalue weighted by Crippen LogP contribution is 2.35. The summed E-state index contributed by atoms with van der Waals surface area (Å²) in [6.45, 7) is 1.02. The number of esters is 1. The van der Waals surface area contributed by atoms with Crippen LogP contribution in [0.15, 0.2) is 78.1 Å². The average molecular weight is 746 g/mol. The SMILES string of the molecule is C[C@@H]1CCC[C@H](n2cnc(-c3cc(Cl)ccc3-n3cc(C(F)(F)F)nn3)cc2=O)c2cc(ccn2)-c2ccc(COC(=O)C(F)(F)F)cc2NC1=O. The molecule has 0 spiro atoms. The van der Waals surface area contributed by atoms with E-state index in [1.54, 1.807) is 25.1 Å². The standard InChI is InChI=1S/C34H26ClF6N7O4/c1-18-3-2-4-28(26-12-20(9-10-42-26)22-7-5-19(11-25(22)44-31(18)50)16-52-32(51)34(39,40)41)47-17-43-24(14-30(47)49)23-13-21(35)6-8-27(23)48-15-29(45-46-48)33(36,37)38/h5-15,17-18,28H,2-4,16H2,1H3,(H,44,50)/t18-,28+/m1/s1. The lowest BCUT2D eigenvalue weighted by molar-refractivity contribution is -0.201. The van der Waals surface area contributed by atoms with Crippen LogP contribution in [0, 0.1) is 5.92 Å². The van der Waals surface area contributed by atoms with Crippen molar-refractivity contribution in [2.24, 2.45) is 5.92 Å². The number of fused-ring (bicyclic) bond motifs is 4. The molecular formula is C34H26ClF6N7O4. The third-order valence-electron chi connectivity index (χ3n) is 8.38. The molecule has 52 heavy (non-hydrogen) atoms. The van der Waals surface area contributed by atoms with Gasteiger partial charge in [0.05, 0.1) is 35.6 Å². The largest absolute Gasteiger partial charge is 0.490 e. The summed E-state index contributed by atoms with van der Waals surface area (Å²) in [4.78, 5) is 47.3. The predicted octanol–water partition coefficient (Wildman–Crippen LogP) is 7.18. The molecule has 18 heteroatoms. The molecule has 6 rings (SSSR count). The Bertz CT molecular complexity index is 2220. The molecule has 0 saturated carbocycles. The number of alkyl halides is 6. The molecule has 11 nitrogen and oxygen atoms in total. The van der Waals surface area contributed by atoms with Crippen molar-refractivity contribution >= 4 is 29.2 Å². The maximum Gasteiger partial charge on any atom is 0.490 e. The number of carbonyl (C=O) groups excluding carboxylic acids is 2. The summed E-state index contributed by atoms with van der Waals surface area (Å²) < 4.78 is 84.5. The summed E-state index contributed by atoms with van der Waals surface area (Å²) in [5, 5.41) is 9.87. The van der Waals surface area contributed by atoms with Crippen LogP contribution in [0.3, 0.4) is 0 Å². The molecule has 1 amide bonds. The summed E-state index contributed by atoms with van der Waals surface area (Å²) in [7, 11) is 0. The second-order valence-electron chi connectivity index (χ2n) is 12.0. The molecule has 2 aromatic carbocycles. The maximum absolute atomic E-state index is 13.8. The summed E-state index contributed by atoms with van der Waals surface area (Å²) in [5.41, 5.74) is 0.727. The fourth-order valence-electron chi connectivity index (χ4n) is 5.72. The van der Waals surface area contributed by atoms with E-state index in [0.717, 1.165) is 4.68 Å². The first-order chi connectivity index (χ1) is 24.6. The Balaban J connectivity index is 1.37. The zero-order chi connectivity index (χ0) is 37.4. The molecule has 0 fully saturated rings. The quantitative estimate of drug-likeness (QED) is 0.148. The van der Waals surface area contributed by atoms with Crippen molar-refractivity contribution in [3.05, 3.63) is 106 Å². The van der Waals surface area contributed by atoms with E-state index in [0.29, 0.717) is 42.3 Å². The number of carbonyl (C=O) groups is 2. The van der Waals surface area contributed by atoms with Crippen LogP contribution >= 0.6 is 11.6 Å². The Kier molecular flexibility index (Phi) is 9.90. The van der Waals surface area contributed by atoms with Gasteiger partial charge in [0.15, 0.2) is 5.69 Å². The second kappa shape index (κ2) is 14.2. The number of nitrogens with one attached hydrogen (secondary N) is 1. The van der Waals surface area contributed by atoms with Gasteiger partial charge in [0.2, 0.25) is 5.91 Å². The van der Waals surface area contributed by atoms with E-state index in [1.807, 2.05) is 0 Å². The van der Waals surface area contributed by atoms with E-state index in [4.69, 9.17) is 11.6 Å². The van der Waals surface area contributed by atoms with Gasteiger partial charge in [-0.15, -0.1) is 5.10 Å². The van der Waals surface area contributed by atoms with E-state index < -0.39 is 48.1 Å². The fourth-order valence-corrected chi connectivity index (χ4v) is 5.89. The van der Waals surface area contributed by atoms with Gasteiger partial charge in [-0.1, -0.05) is 42.3 Å². The normalized spacial score (nSPS) is 16.7. The molecule has 1 aliphatic rings. The first kappa shape index (κ1) is 36.2. The van der Waals surface area contributed by atoms with Crippen molar-refractivity contribution < 1.29 is 40.7 Å². The molecule has 3 aromatic heterocycles. The molecule has 0 unspecified atom stereocenters. The second-order valence-corrected chi connectivity index (χ2v) is 12.4. The van der Waals surface area contributed by atoms with Crippen molar-refractivity contribution in [2.75, 3.05) is 5.32 Å². The van der Waals surface area contributed by atoms with Gasteiger partial charge in [0, 0.05) is 40.0 Å². The van der Waals surface area contributed by atoms with Gasteiger partial charge in [-0.3, -0.25) is 19.1 Å². The fraction of sp³-hybridized carbons (Fsp3) is 0.265. The number of ether oxygens (including phenoxy) is 1. The monoisotopic (exact) mass is 745 g/mol. The summed E-state index contributed by atoms with van der Waals surface area (Å²) in [5.74, 6) is -3.21. The Morgan fingerprint density at radius 2 is 1.77 bits per heavy atom. The Morgan fingerprint density at radius 1 is 0.981 bits per heavy atom. The van der Waals surface area contributed by atoms with Crippen LogP contribution in [0.4, 0.5) is 32.0 Å². The average Bonchev–Trinajstić information content (AvgIpc) is 3.60. The lowest BCUT2D eigenvalue weighted by Crippen LogP contribution is -2.27. The molecule has 2 bridgehead atoms. The summed E-state index contributed by atoms with van der Waals surface area (Å²) >= 11 is 6.23. The number of rotatable bonds is 5. The molecule has 0 saturated heterocycles. The van der Waals surface area contributed by atoms with E-state index in [2.05, 4.69) is 30.3 Å². The smallest absolute Gasteiger partial charge is 0.454 e. The van der Waals surface area contributed by atoms with E-state index in [9.17, 15) is 40.7 Å². The molecule has 2 atom stereocenters. The Hall–Kier alpha value is -5.58. The summed E-state index contributed by atoms with van der Waals surface area (Å²) in [6.07, 6.45) is -5.15. The van der Waals surface area contributed by atoms with Crippen LogP contribution in [-0.4, -0.2) is 47.6 Å². The molecule has 270 valence electrons. The number of aromatic nitrogens is 6. The highest BCUT2D eigenvalue weighted by molar-refractivity contribution is 6.31. The van der Waals surface area contributed by atoms with Gasteiger partial charge < -0.3 is 10.1 Å². The molecule has 0 aliphatic carbocycles. The number of anilines is 1. The van der Waals surface area contributed by atoms with Crippen LogP contribution in [0.5, 0.6) is 0 Å². The third kappa shape index (κ3) is 7.83. The first-order valence-electron chi connectivity index (χ1n) is 15.6. The van der Waals surface area contributed by atoms with Crippen LogP contribution < -0.4 is 10.9 Å². The van der Waals surface area contributed by atoms with Crippen molar-refractivity contribution in [1.82, 2.24) is 29.5 Å². The topological polar surface area (TPSA) is 134 Å². The number of hydrogen-bond donors (Lipinski definition) is 1. The Morgan fingerprint density at radius 3 is 2.48 bits per heavy atom. The van der Waals surface area contributed by atoms with Crippen LogP contribution in [0.2, 0.25) is 5.02 Å². The Labute approximate surface area is 295 Å². The predicted molar refractivity (Wildman–Crippen MR) is 174 cm³/mol. The maximum atomic E-state index is 13.8. The minimum Gasteiger partial charge on any atom is -0.454 e.